The highest BCUT2D eigenvalue weighted by Gasteiger charge is 2.52. The van der Waals surface area contributed by atoms with Gasteiger partial charge in [0.1, 0.15) is 18.8 Å². The summed E-state index contributed by atoms with van der Waals surface area (Å²) in [5, 5.41) is 10.9. The van der Waals surface area contributed by atoms with Crippen molar-refractivity contribution >= 4 is 17.9 Å². The Hall–Kier alpha value is -4.26. The zero-order chi connectivity index (χ0) is 26.9. The Kier molecular flexibility index (Phi) is 9.03. The summed E-state index contributed by atoms with van der Waals surface area (Å²) in [7, 11) is 0. The van der Waals surface area contributed by atoms with Crippen LogP contribution in [0.3, 0.4) is 0 Å². The van der Waals surface area contributed by atoms with Gasteiger partial charge in [-0.15, -0.1) is 0 Å². The van der Waals surface area contributed by atoms with E-state index in [1.165, 1.54) is 73.6 Å². The van der Waals surface area contributed by atoms with Crippen molar-refractivity contribution < 1.29 is 43.2 Å². The number of ether oxygens (including phenoxy) is 5. The number of esters is 3. The van der Waals surface area contributed by atoms with Gasteiger partial charge in [0.05, 0.1) is 16.7 Å². The molecule has 0 amide bonds. The molecule has 0 aromatic carbocycles. The molecule has 1 unspecified atom stereocenters. The molecule has 3 aromatic heterocycles. The minimum absolute atomic E-state index is 0.177. The Morgan fingerprint density at radius 3 is 1.87 bits per heavy atom. The molecule has 1 aliphatic rings. The van der Waals surface area contributed by atoms with Crippen molar-refractivity contribution in [2.45, 2.75) is 37.6 Å². The van der Waals surface area contributed by atoms with Gasteiger partial charge >= 0.3 is 17.9 Å². The van der Waals surface area contributed by atoms with E-state index in [1.807, 2.05) is 0 Å². The molecule has 1 saturated heterocycles. The van der Waals surface area contributed by atoms with Gasteiger partial charge in [0.2, 0.25) is 0 Å². The van der Waals surface area contributed by atoms with Crippen molar-refractivity contribution in [3.8, 4) is 0 Å². The molecule has 0 bridgehead atoms. The van der Waals surface area contributed by atoms with Crippen LogP contribution in [-0.4, -0.2) is 81.9 Å². The summed E-state index contributed by atoms with van der Waals surface area (Å²) in [5.74, 6) is -2.24. The van der Waals surface area contributed by atoms with Crippen LogP contribution in [0.4, 0.5) is 0 Å². The number of rotatable bonds is 10. The van der Waals surface area contributed by atoms with Crippen molar-refractivity contribution in [1.29, 1.82) is 0 Å². The van der Waals surface area contributed by atoms with Crippen LogP contribution < -0.4 is 0 Å². The molecule has 198 valence electrons. The van der Waals surface area contributed by atoms with E-state index in [-0.39, 0.29) is 23.3 Å². The fraction of sp³-hybridized carbons (Fsp3) is 0.308. The van der Waals surface area contributed by atoms with Gasteiger partial charge in [0, 0.05) is 43.8 Å². The lowest BCUT2D eigenvalue weighted by Gasteiger charge is -2.27. The van der Waals surface area contributed by atoms with Gasteiger partial charge in [-0.3, -0.25) is 15.0 Å². The molecule has 38 heavy (non-hydrogen) atoms. The van der Waals surface area contributed by atoms with Crippen molar-refractivity contribution in [2.75, 3.05) is 13.2 Å². The number of nitrogens with zero attached hydrogens (tertiary/aromatic N) is 3. The van der Waals surface area contributed by atoms with Crippen molar-refractivity contribution in [3.63, 3.8) is 0 Å². The lowest BCUT2D eigenvalue weighted by molar-refractivity contribution is -0.178. The van der Waals surface area contributed by atoms with Gasteiger partial charge in [0.15, 0.2) is 18.5 Å². The number of carbonyl (C=O) groups excluding carboxylic acids is 3. The van der Waals surface area contributed by atoms with Gasteiger partial charge in [-0.2, -0.15) is 0 Å². The third-order valence-electron chi connectivity index (χ3n) is 5.56. The maximum absolute atomic E-state index is 12.9. The molecule has 12 nitrogen and oxygen atoms in total. The topological polar surface area (TPSA) is 156 Å². The van der Waals surface area contributed by atoms with E-state index in [1.54, 1.807) is 6.92 Å². The largest absolute Gasteiger partial charge is 0.458 e. The van der Waals surface area contributed by atoms with Crippen molar-refractivity contribution in [1.82, 2.24) is 15.0 Å². The molecule has 0 aliphatic carbocycles. The Labute approximate surface area is 217 Å². The quantitative estimate of drug-likeness (QED) is 0.303. The highest BCUT2D eigenvalue weighted by atomic mass is 16.7. The molecular formula is C26H25N3O9. The third-order valence-corrected chi connectivity index (χ3v) is 5.56. The monoisotopic (exact) mass is 523 g/mol. The van der Waals surface area contributed by atoms with Crippen LogP contribution in [0.5, 0.6) is 0 Å². The predicted octanol–water partition coefficient (Wildman–Crippen LogP) is 1.60. The van der Waals surface area contributed by atoms with Crippen LogP contribution in [-0.2, 0) is 23.7 Å². The third kappa shape index (κ3) is 6.54. The lowest BCUT2D eigenvalue weighted by Crippen LogP contribution is -2.46. The normalized spacial score (nSPS) is 21.3. The first-order valence-corrected chi connectivity index (χ1v) is 11.7. The fourth-order valence-corrected chi connectivity index (χ4v) is 3.70. The zero-order valence-corrected chi connectivity index (χ0v) is 20.3. The molecule has 1 aliphatic heterocycles. The molecule has 12 heteroatoms. The van der Waals surface area contributed by atoms with Crippen LogP contribution in [0.25, 0.3) is 0 Å². The molecule has 4 rings (SSSR count). The molecular weight excluding hydrogens is 498 g/mol. The first-order valence-electron chi connectivity index (χ1n) is 11.7. The summed E-state index contributed by atoms with van der Waals surface area (Å²) in [4.78, 5) is 49.9. The summed E-state index contributed by atoms with van der Waals surface area (Å²) >= 11 is 0. The average Bonchev–Trinajstić information content (AvgIpc) is 3.26. The number of hydrogen-bond acceptors (Lipinski definition) is 12. The number of aromatic nitrogens is 3. The van der Waals surface area contributed by atoms with Crippen LogP contribution in [0.15, 0.2) is 73.6 Å². The molecule has 0 radical (unpaired) electrons. The minimum atomic E-state index is -1.43. The van der Waals surface area contributed by atoms with E-state index >= 15 is 0 Å². The summed E-state index contributed by atoms with van der Waals surface area (Å²) in [6, 6.07) is 8.68. The van der Waals surface area contributed by atoms with Crippen LogP contribution in [0.1, 0.15) is 38.0 Å². The van der Waals surface area contributed by atoms with Gasteiger partial charge in [0.25, 0.3) is 0 Å². The standard InChI is InChI=1S/C26H25N3O9/c1-2-34-26-20(30)22(37-25(33)18-7-13-29-14-8-18)21(38-26)19(36-24(32)17-5-11-28-12-6-17)15-35-23(31)16-3-9-27-10-4-16/h3-14,19-22,26,30H,2,15H2,1H3/t19-,20-,21-,22-,26?/m1/s1. The molecule has 0 spiro atoms. The Morgan fingerprint density at radius 1 is 0.842 bits per heavy atom. The maximum Gasteiger partial charge on any atom is 0.338 e. The SMILES string of the molecule is CCOC1O[C@H]([C@@H](COC(=O)c2ccncc2)OC(=O)c2ccncc2)[C@H](OC(=O)c2ccncc2)[C@H]1O. The fourth-order valence-electron chi connectivity index (χ4n) is 3.70. The minimum Gasteiger partial charge on any atom is -0.458 e. The van der Waals surface area contributed by atoms with Gasteiger partial charge in [-0.05, 0) is 43.3 Å². The second-order valence-corrected chi connectivity index (χ2v) is 8.03. The van der Waals surface area contributed by atoms with E-state index in [4.69, 9.17) is 23.7 Å². The summed E-state index contributed by atoms with van der Waals surface area (Å²) < 4.78 is 27.9. The summed E-state index contributed by atoms with van der Waals surface area (Å²) in [6.45, 7) is 1.40. The molecule has 4 heterocycles. The highest BCUT2D eigenvalue weighted by molar-refractivity contribution is 5.90. The second kappa shape index (κ2) is 12.8. The van der Waals surface area contributed by atoms with Crippen LogP contribution >= 0.6 is 0 Å². The van der Waals surface area contributed by atoms with Gasteiger partial charge in [-0.1, -0.05) is 0 Å². The van der Waals surface area contributed by atoms with Crippen molar-refractivity contribution in [2.24, 2.45) is 0 Å². The molecule has 3 aromatic rings. The zero-order valence-electron chi connectivity index (χ0n) is 20.3. The summed E-state index contributed by atoms with van der Waals surface area (Å²) in [5.41, 5.74) is 0.579. The predicted molar refractivity (Wildman–Crippen MR) is 128 cm³/mol. The van der Waals surface area contributed by atoms with E-state index in [0.29, 0.717) is 0 Å². The molecule has 5 atom stereocenters. The van der Waals surface area contributed by atoms with E-state index in [2.05, 4.69) is 15.0 Å². The molecule has 1 fully saturated rings. The lowest BCUT2D eigenvalue weighted by atomic mass is 10.1. The highest BCUT2D eigenvalue weighted by Crippen LogP contribution is 2.30. The first kappa shape index (κ1) is 26.8. The Bertz CT molecular complexity index is 1210. The van der Waals surface area contributed by atoms with E-state index in [9.17, 15) is 19.5 Å². The molecule has 1 N–H and O–H groups in total. The molecule has 0 saturated carbocycles. The van der Waals surface area contributed by atoms with Gasteiger partial charge in [-0.25, -0.2) is 14.4 Å². The number of hydrogen-bond donors (Lipinski definition) is 1. The van der Waals surface area contributed by atoms with E-state index < -0.39 is 55.2 Å². The number of carbonyl (C=O) groups is 3. The Balaban J connectivity index is 1.59. The van der Waals surface area contributed by atoms with Gasteiger partial charge < -0.3 is 28.8 Å². The number of pyridine rings is 3. The van der Waals surface area contributed by atoms with Crippen molar-refractivity contribution in [3.05, 3.63) is 90.3 Å². The van der Waals surface area contributed by atoms with Crippen LogP contribution in [0, 0.1) is 0 Å². The van der Waals surface area contributed by atoms with E-state index in [0.717, 1.165) is 0 Å². The maximum atomic E-state index is 12.9. The summed E-state index contributed by atoms with van der Waals surface area (Å²) in [6.07, 6.45) is 2.01. The van der Waals surface area contributed by atoms with Crippen LogP contribution in [0.2, 0.25) is 0 Å². The number of aliphatic hydroxyl groups excluding tert-OH is 1. The second-order valence-electron chi connectivity index (χ2n) is 8.03. The first-order chi connectivity index (χ1) is 18.5. The number of aliphatic hydroxyl groups is 1. The average molecular weight is 523 g/mol. The Morgan fingerprint density at radius 2 is 1.34 bits per heavy atom. The smallest absolute Gasteiger partial charge is 0.338 e.